The van der Waals surface area contributed by atoms with Crippen LogP contribution >= 0.6 is 0 Å². The predicted octanol–water partition coefficient (Wildman–Crippen LogP) is 3.47. The number of amides is 4. The maximum atomic E-state index is 13.1. The van der Waals surface area contributed by atoms with E-state index in [-0.39, 0.29) is 19.0 Å². The monoisotopic (exact) mass is 496 g/mol. The smallest absolute Gasteiger partial charge is 0.417 e. The van der Waals surface area contributed by atoms with Crippen molar-refractivity contribution in [2.24, 2.45) is 0 Å². The summed E-state index contributed by atoms with van der Waals surface area (Å²) < 4.78 is 43.7. The zero-order valence-corrected chi connectivity index (χ0v) is 18.8. The molecule has 3 aromatic rings. The van der Waals surface area contributed by atoms with E-state index in [0.29, 0.717) is 28.1 Å². The van der Waals surface area contributed by atoms with Crippen LogP contribution in [0.25, 0.3) is 11.3 Å². The first kappa shape index (κ1) is 23.3. The molecule has 0 radical (unpaired) electrons. The van der Waals surface area contributed by atoms with Crippen molar-refractivity contribution in [3.05, 3.63) is 83.0 Å². The van der Waals surface area contributed by atoms with Gasteiger partial charge in [-0.15, -0.1) is 0 Å². The maximum absolute atomic E-state index is 13.1. The summed E-state index contributed by atoms with van der Waals surface area (Å²) in [4.78, 5) is 43.6. The van der Waals surface area contributed by atoms with Gasteiger partial charge in [0, 0.05) is 23.9 Å². The number of carbonyl (C=O) groups is 3. The summed E-state index contributed by atoms with van der Waals surface area (Å²) >= 11 is 0. The molecular weight excluding hydrogens is 477 g/mol. The Bertz CT molecular complexity index is 1370. The average molecular weight is 496 g/mol. The van der Waals surface area contributed by atoms with Gasteiger partial charge < -0.3 is 15.0 Å². The summed E-state index contributed by atoms with van der Waals surface area (Å²) in [5.41, 5.74) is 0.0448. The number of carbonyl (C=O) groups excluding carboxylic acids is 3. The van der Waals surface area contributed by atoms with Gasteiger partial charge in [-0.25, -0.2) is 4.79 Å². The number of nitrogens with one attached hydrogen (secondary N) is 2. The zero-order valence-electron chi connectivity index (χ0n) is 18.8. The average Bonchev–Trinajstić information content (AvgIpc) is 3.33. The fourth-order valence-corrected chi connectivity index (χ4v) is 4.44. The number of aromatic nitrogens is 1. The number of halogens is 3. The topological polar surface area (TPSA) is 101 Å². The molecule has 5 rings (SSSR count). The molecule has 0 spiro atoms. The lowest BCUT2D eigenvalue weighted by Gasteiger charge is -2.31. The van der Waals surface area contributed by atoms with E-state index in [1.165, 1.54) is 18.1 Å². The van der Waals surface area contributed by atoms with Gasteiger partial charge in [-0.1, -0.05) is 30.3 Å². The van der Waals surface area contributed by atoms with Gasteiger partial charge in [0.25, 0.3) is 11.8 Å². The van der Waals surface area contributed by atoms with Crippen LogP contribution in [-0.4, -0.2) is 41.4 Å². The van der Waals surface area contributed by atoms with Crippen molar-refractivity contribution in [2.45, 2.75) is 18.3 Å². The van der Waals surface area contributed by atoms with Gasteiger partial charge in [0.2, 0.25) is 0 Å². The van der Waals surface area contributed by atoms with E-state index < -0.39 is 29.2 Å². The number of urea groups is 1. The standard InChI is InChI=1S/C25H19F3N4O4/c1-36-18-8-4-15-12-32(21(33)19(15)10-18)13-24(22(34)30-23(35)31-24)16-5-2-14(3-6-16)20-9-7-17(11-29-20)25(26,27)28/h2-11H,12-13H2,1H3,(H2,30,31,34,35)/t24-/m0/s1. The molecule has 2 aliphatic heterocycles. The third-order valence-electron chi connectivity index (χ3n) is 6.33. The molecule has 11 heteroatoms. The van der Waals surface area contributed by atoms with Gasteiger partial charge in [0.15, 0.2) is 5.54 Å². The number of hydrogen-bond donors (Lipinski definition) is 2. The molecule has 184 valence electrons. The molecule has 4 amide bonds. The highest BCUT2D eigenvalue weighted by Gasteiger charge is 2.50. The van der Waals surface area contributed by atoms with E-state index in [1.54, 1.807) is 42.5 Å². The number of rotatable bonds is 5. The second kappa shape index (κ2) is 8.36. The first-order chi connectivity index (χ1) is 17.1. The van der Waals surface area contributed by atoms with Gasteiger partial charge in [0.05, 0.1) is 24.9 Å². The molecule has 0 aliphatic carbocycles. The molecule has 1 fully saturated rings. The molecule has 2 aromatic carbocycles. The quantitative estimate of drug-likeness (QED) is 0.527. The van der Waals surface area contributed by atoms with Gasteiger partial charge in [-0.05, 0) is 35.4 Å². The first-order valence-corrected chi connectivity index (χ1v) is 10.8. The summed E-state index contributed by atoms with van der Waals surface area (Å²) in [7, 11) is 1.50. The van der Waals surface area contributed by atoms with Crippen molar-refractivity contribution in [3.63, 3.8) is 0 Å². The highest BCUT2D eigenvalue weighted by Crippen LogP contribution is 2.34. The molecule has 0 unspecified atom stereocenters. The Morgan fingerprint density at radius 2 is 1.81 bits per heavy atom. The third-order valence-corrected chi connectivity index (χ3v) is 6.33. The van der Waals surface area contributed by atoms with Crippen LogP contribution in [0, 0.1) is 0 Å². The van der Waals surface area contributed by atoms with E-state index in [9.17, 15) is 27.6 Å². The molecule has 8 nitrogen and oxygen atoms in total. The summed E-state index contributed by atoms with van der Waals surface area (Å²) in [5, 5.41) is 4.89. The maximum Gasteiger partial charge on any atom is 0.417 e. The van der Waals surface area contributed by atoms with Gasteiger partial charge in [-0.2, -0.15) is 13.2 Å². The number of fused-ring (bicyclic) bond motifs is 1. The largest absolute Gasteiger partial charge is 0.497 e. The van der Waals surface area contributed by atoms with Crippen molar-refractivity contribution in [2.75, 3.05) is 13.7 Å². The number of ether oxygens (including phenoxy) is 1. The van der Waals surface area contributed by atoms with Crippen LogP contribution in [0.4, 0.5) is 18.0 Å². The lowest BCUT2D eigenvalue weighted by molar-refractivity contribution is -0.137. The Morgan fingerprint density at radius 1 is 1.06 bits per heavy atom. The first-order valence-electron chi connectivity index (χ1n) is 10.8. The highest BCUT2D eigenvalue weighted by atomic mass is 19.4. The number of hydrogen-bond acceptors (Lipinski definition) is 5. The Balaban J connectivity index is 1.44. The Morgan fingerprint density at radius 3 is 2.39 bits per heavy atom. The second-order valence-electron chi connectivity index (χ2n) is 8.51. The minimum Gasteiger partial charge on any atom is -0.497 e. The van der Waals surface area contributed by atoms with Crippen molar-refractivity contribution >= 4 is 17.8 Å². The number of methoxy groups -OCH3 is 1. The normalized spacial score (nSPS) is 19.2. The van der Waals surface area contributed by atoms with Crippen molar-refractivity contribution in [1.82, 2.24) is 20.5 Å². The summed E-state index contributed by atoms with van der Waals surface area (Å²) in [6.07, 6.45) is -3.74. The van der Waals surface area contributed by atoms with Crippen molar-refractivity contribution < 1.29 is 32.3 Å². The predicted molar refractivity (Wildman–Crippen MR) is 121 cm³/mol. The molecule has 1 aromatic heterocycles. The molecule has 2 aliphatic rings. The zero-order chi connectivity index (χ0) is 25.7. The molecule has 1 saturated heterocycles. The Labute approximate surface area is 203 Å². The molecule has 0 bridgehead atoms. The summed E-state index contributed by atoms with van der Waals surface area (Å²) in [6.45, 7) is 0.120. The number of benzene rings is 2. The number of imide groups is 1. The summed E-state index contributed by atoms with van der Waals surface area (Å²) in [5.74, 6) is -0.393. The van der Waals surface area contributed by atoms with E-state index in [2.05, 4.69) is 15.6 Å². The lowest BCUT2D eigenvalue weighted by Crippen LogP contribution is -2.52. The van der Waals surface area contributed by atoms with Crippen molar-refractivity contribution in [3.8, 4) is 17.0 Å². The Kier molecular flexibility index (Phi) is 5.42. The van der Waals surface area contributed by atoms with E-state index in [0.717, 1.165) is 17.8 Å². The van der Waals surface area contributed by atoms with Crippen LogP contribution in [0.15, 0.2) is 60.8 Å². The fraction of sp³-hybridized carbons (Fsp3) is 0.200. The molecule has 1 atom stereocenters. The third kappa shape index (κ3) is 3.92. The Hall–Kier alpha value is -4.41. The molecule has 36 heavy (non-hydrogen) atoms. The number of alkyl halides is 3. The second-order valence-corrected chi connectivity index (χ2v) is 8.51. The molecular formula is C25H19F3N4O4. The van der Waals surface area contributed by atoms with Crippen LogP contribution in [0.5, 0.6) is 5.75 Å². The van der Waals surface area contributed by atoms with Crippen LogP contribution in [0.2, 0.25) is 0 Å². The van der Waals surface area contributed by atoms with Crippen LogP contribution in [-0.2, 0) is 23.1 Å². The fourth-order valence-electron chi connectivity index (χ4n) is 4.44. The minimum atomic E-state index is -4.49. The SMILES string of the molecule is COc1ccc2c(c1)C(=O)N(C[C@@]1(c3ccc(-c4ccc(C(F)(F)F)cn4)cc3)NC(=O)NC1=O)C2. The van der Waals surface area contributed by atoms with Crippen LogP contribution < -0.4 is 15.4 Å². The van der Waals surface area contributed by atoms with Crippen LogP contribution in [0.3, 0.4) is 0 Å². The summed E-state index contributed by atoms with van der Waals surface area (Å²) in [6, 6.07) is 13.0. The van der Waals surface area contributed by atoms with Gasteiger partial charge >= 0.3 is 12.2 Å². The van der Waals surface area contributed by atoms with E-state index in [4.69, 9.17) is 4.74 Å². The van der Waals surface area contributed by atoms with E-state index >= 15 is 0 Å². The minimum absolute atomic E-state index is 0.127. The molecule has 0 saturated carbocycles. The van der Waals surface area contributed by atoms with Crippen molar-refractivity contribution in [1.29, 1.82) is 0 Å². The highest BCUT2D eigenvalue weighted by molar-refractivity contribution is 6.08. The van der Waals surface area contributed by atoms with Crippen LogP contribution in [0.1, 0.15) is 27.0 Å². The molecule has 3 heterocycles. The van der Waals surface area contributed by atoms with E-state index in [1.807, 2.05) is 0 Å². The van der Waals surface area contributed by atoms with Gasteiger partial charge in [0.1, 0.15) is 5.75 Å². The van der Waals surface area contributed by atoms with Gasteiger partial charge in [-0.3, -0.25) is 19.9 Å². The number of nitrogens with zero attached hydrogens (tertiary/aromatic N) is 2. The number of pyridine rings is 1. The lowest BCUT2D eigenvalue weighted by atomic mass is 9.88. The molecule has 2 N–H and O–H groups in total.